The van der Waals surface area contributed by atoms with Gasteiger partial charge in [0.15, 0.2) is 0 Å². The van der Waals surface area contributed by atoms with Gasteiger partial charge in [-0.1, -0.05) is 18.2 Å². The van der Waals surface area contributed by atoms with Crippen LogP contribution in [0.5, 0.6) is 5.75 Å². The standard InChI is InChI=1S/C19H19FN2O3/c1-21-17(23)19(10-11-19)18(24)22-14-6-8-15(9-7-14)25-12-13-4-2-3-5-16(13)20/h2-9H,10-12H2,1H3,(H,21,23)(H,22,24). The monoisotopic (exact) mass is 342 g/mol. The summed E-state index contributed by atoms with van der Waals surface area (Å²) in [5.74, 6) is -0.300. The zero-order valence-electron chi connectivity index (χ0n) is 13.8. The van der Waals surface area contributed by atoms with E-state index in [-0.39, 0.29) is 24.2 Å². The van der Waals surface area contributed by atoms with Gasteiger partial charge in [0, 0.05) is 18.3 Å². The lowest BCUT2D eigenvalue weighted by atomic mass is 10.1. The largest absolute Gasteiger partial charge is 0.489 e. The molecule has 1 aliphatic rings. The lowest BCUT2D eigenvalue weighted by Gasteiger charge is -2.14. The Labute approximate surface area is 145 Å². The van der Waals surface area contributed by atoms with Gasteiger partial charge in [0.2, 0.25) is 11.8 Å². The third-order valence-electron chi connectivity index (χ3n) is 4.31. The first-order chi connectivity index (χ1) is 12.0. The molecule has 0 aliphatic heterocycles. The van der Waals surface area contributed by atoms with Crippen LogP contribution in [0.1, 0.15) is 18.4 Å². The lowest BCUT2D eigenvalue weighted by Crippen LogP contribution is -2.38. The molecule has 6 heteroatoms. The highest BCUT2D eigenvalue weighted by Gasteiger charge is 2.56. The highest BCUT2D eigenvalue weighted by molar-refractivity contribution is 6.12. The van der Waals surface area contributed by atoms with Crippen molar-refractivity contribution >= 4 is 17.5 Å². The van der Waals surface area contributed by atoms with E-state index >= 15 is 0 Å². The minimum atomic E-state index is -0.936. The van der Waals surface area contributed by atoms with Crippen LogP contribution in [0, 0.1) is 11.2 Å². The number of anilines is 1. The SMILES string of the molecule is CNC(=O)C1(C(=O)Nc2ccc(OCc3ccccc3F)cc2)CC1. The molecule has 0 spiro atoms. The second kappa shape index (κ2) is 6.93. The number of hydrogen-bond acceptors (Lipinski definition) is 3. The summed E-state index contributed by atoms with van der Waals surface area (Å²) in [6.45, 7) is 0.123. The highest BCUT2D eigenvalue weighted by Crippen LogP contribution is 2.46. The molecule has 0 unspecified atom stereocenters. The first kappa shape index (κ1) is 17.0. The van der Waals surface area contributed by atoms with Crippen LogP contribution < -0.4 is 15.4 Å². The smallest absolute Gasteiger partial charge is 0.240 e. The number of rotatable bonds is 6. The zero-order valence-corrected chi connectivity index (χ0v) is 13.8. The maximum absolute atomic E-state index is 13.6. The van der Waals surface area contributed by atoms with Crippen molar-refractivity contribution in [1.29, 1.82) is 0 Å². The van der Waals surface area contributed by atoms with Crippen molar-refractivity contribution < 1.29 is 18.7 Å². The van der Waals surface area contributed by atoms with Gasteiger partial charge in [-0.3, -0.25) is 9.59 Å². The number of benzene rings is 2. The van der Waals surface area contributed by atoms with Gasteiger partial charge in [-0.15, -0.1) is 0 Å². The molecule has 25 heavy (non-hydrogen) atoms. The van der Waals surface area contributed by atoms with Crippen LogP contribution in [-0.2, 0) is 16.2 Å². The lowest BCUT2D eigenvalue weighted by molar-refractivity contribution is -0.134. The normalized spacial score (nSPS) is 14.5. The quantitative estimate of drug-likeness (QED) is 0.793. The maximum Gasteiger partial charge on any atom is 0.240 e. The summed E-state index contributed by atoms with van der Waals surface area (Å²) < 4.78 is 19.1. The summed E-state index contributed by atoms with van der Waals surface area (Å²) in [6.07, 6.45) is 1.12. The Kier molecular flexibility index (Phi) is 4.70. The van der Waals surface area contributed by atoms with E-state index in [9.17, 15) is 14.0 Å². The number of amides is 2. The summed E-state index contributed by atoms with van der Waals surface area (Å²) in [5.41, 5.74) is 0.119. The van der Waals surface area contributed by atoms with Crippen molar-refractivity contribution in [3.05, 3.63) is 59.9 Å². The van der Waals surface area contributed by atoms with Crippen LogP contribution in [-0.4, -0.2) is 18.9 Å². The van der Waals surface area contributed by atoms with Gasteiger partial charge in [0.25, 0.3) is 0 Å². The molecule has 5 nitrogen and oxygen atoms in total. The number of nitrogens with one attached hydrogen (secondary N) is 2. The minimum absolute atomic E-state index is 0.123. The van der Waals surface area contributed by atoms with E-state index in [2.05, 4.69) is 10.6 Å². The Hall–Kier alpha value is -2.89. The van der Waals surface area contributed by atoms with Crippen LogP contribution in [0.4, 0.5) is 10.1 Å². The summed E-state index contributed by atoms with van der Waals surface area (Å²) >= 11 is 0. The molecule has 2 N–H and O–H groups in total. The molecule has 1 aliphatic carbocycles. The van der Waals surface area contributed by atoms with E-state index in [0.29, 0.717) is 29.8 Å². The summed E-state index contributed by atoms with van der Waals surface area (Å²) in [4.78, 5) is 24.1. The van der Waals surface area contributed by atoms with Crippen LogP contribution in [0.3, 0.4) is 0 Å². The Bertz CT molecular complexity index is 786. The van der Waals surface area contributed by atoms with Gasteiger partial charge in [0.05, 0.1) is 0 Å². The van der Waals surface area contributed by atoms with Gasteiger partial charge < -0.3 is 15.4 Å². The number of ether oxygens (including phenoxy) is 1. The molecule has 130 valence electrons. The molecule has 1 saturated carbocycles. The van der Waals surface area contributed by atoms with Crippen molar-refractivity contribution in [2.75, 3.05) is 12.4 Å². The summed E-state index contributed by atoms with van der Waals surface area (Å²) in [6, 6.07) is 13.2. The third-order valence-corrected chi connectivity index (χ3v) is 4.31. The zero-order chi connectivity index (χ0) is 17.9. The summed E-state index contributed by atoms with van der Waals surface area (Å²) in [7, 11) is 1.53. The van der Waals surface area contributed by atoms with E-state index in [1.54, 1.807) is 42.5 Å². The maximum atomic E-state index is 13.6. The topological polar surface area (TPSA) is 67.4 Å². The van der Waals surface area contributed by atoms with Crippen molar-refractivity contribution in [1.82, 2.24) is 5.32 Å². The fourth-order valence-corrected chi connectivity index (χ4v) is 2.58. The van der Waals surface area contributed by atoms with Crippen LogP contribution in [0.2, 0.25) is 0 Å². The molecule has 2 amide bonds. The molecule has 2 aromatic rings. The molecular weight excluding hydrogens is 323 g/mol. The van der Waals surface area contributed by atoms with Crippen molar-refractivity contribution in [2.45, 2.75) is 19.4 Å². The average molecular weight is 342 g/mol. The molecule has 0 radical (unpaired) electrons. The molecule has 0 aromatic heterocycles. The van der Waals surface area contributed by atoms with E-state index in [1.807, 2.05) is 0 Å². The van der Waals surface area contributed by atoms with Crippen molar-refractivity contribution in [3.63, 3.8) is 0 Å². The Morgan fingerprint density at radius 3 is 2.36 bits per heavy atom. The Morgan fingerprint density at radius 2 is 1.76 bits per heavy atom. The minimum Gasteiger partial charge on any atom is -0.489 e. The predicted molar refractivity (Wildman–Crippen MR) is 91.5 cm³/mol. The second-order valence-electron chi connectivity index (χ2n) is 6.02. The van der Waals surface area contributed by atoms with Crippen LogP contribution in [0.25, 0.3) is 0 Å². The van der Waals surface area contributed by atoms with E-state index in [0.717, 1.165) is 0 Å². The number of halogens is 1. The first-order valence-corrected chi connectivity index (χ1v) is 8.05. The van der Waals surface area contributed by atoms with Crippen molar-refractivity contribution in [2.24, 2.45) is 5.41 Å². The first-order valence-electron chi connectivity index (χ1n) is 8.05. The van der Waals surface area contributed by atoms with Gasteiger partial charge in [-0.05, 0) is 43.2 Å². The predicted octanol–water partition coefficient (Wildman–Crippen LogP) is 2.87. The van der Waals surface area contributed by atoms with E-state index < -0.39 is 5.41 Å². The molecule has 2 aromatic carbocycles. The summed E-state index contributed by atoms with van der Waals surface area (Å²) in [5, 5.41) is 5.28. The molecule has 3 rings (SSSR count). The molecule has 0 atom stereocenters. The van der Waals surface area contributed by atoms with Gasteiger partial charge in [-0.25, -0.2) is 4.39 Å². The molecule has 1 fully saturated rings. The molecular formula is C19H19FN2O3. The molecule has 0 heterocycles. The highest BCUT2D eigenvalue weighted by atomic mass is 19.1. The van der Waals surface area contributed by atoms with Gasteiger partial charge in [0.1, 0.15) is 23.6 Å². The molecule has 0 bridgehead atoms. The molecule has 0 saturated heterocycles. The number of carbonyl (C=O) groups is 2. The van der Waals surface area contributed by atoms with Crippen LogP contribution in [0.15, 0.2) is 48.5 Å². The van der Waals surface area contributed by atoms with Gasteiger partial charge >= 0.3 is 0 Å². The Morgan fingerprint density at radius 1 is 1.08 bits per heavy atom. The average Bonchev–Trinajstić information content (AvgIpc) is 3.43. The van der Waals surface area contributed by atoms with Crippen molar-refractivity contribution in [3.8, 4) is 5.75 Å². The fraction of sp³-hybridized carbons (Fsp3) is 0.263. The second-order valence-corrected chi connectivity index (χ2v) is 6.02. The fourth-order valence-electron chi connectivity index (χ4n) is 2.58. The van der Waals surface area contributed by atoms with E-state index in [1.165, 1.54) is 13.1 Å². The number of hydrogen-bond donors (Lipinski definition) is 2. The third kappa shape index (κ3) is 3.63. The van der Waals surface area contributed by atoms with Crippen LogP contribution >= 0.6 is 0 Å². The van der Waals surface area contributed by atoms with E-state index in [4.69, 9.17) is 4.74 Å². The van der Waals surface area contributed by atoms with Gasteiger partial charge in [-0.2, -0.15) is 0 Å². The Balaban J connectivity index is 1.58. The number of carbonyl (C=O) groups excluding carboxylic acids is 2.